The average Bonchev–Trinajstić information content (AvgIpc) is 2.94. The first-order valence-electron chi connectivity index (χ1n) is 6.43. The van der Waals surface area contributed by atoms with Crippen LogP contribution in [0.25, 0.3) is 0 Å². The molecule has 1 aromatic heterocycles. The third-order valence-corrected chi connectivity index (χ3v) is 4.14. The van der Waals surface area contributed by atoms with Crippen LogP contribution in [-0.4, -0.2) is 29.2 Å². The predicted octanol–water partition coefficient (Wildman–Crippen LogP) is 3.19. The summed E-state index contributed by atoms with van der Waals surface area (Å²) in [5.41, 5.74) is 2.04. The molecule has 108 valence electrons. The Bertz CT molecular complexity index is 571. The van der Waals surface area contributed by atoms with Crippen LogP contribution in [0.15, 0.2) is 24.4 Å². The highest BCUT2D eigenvalue weighted by atomic mass is 79.9. The Hall–Kier alpha value is -1.56. The second-order valence-corrected chi connectivity index (χ2v) is 5.51. The molecule has 0 aliphatic carbocycles. The molecule has 0 fully saturated rings. The Morgan fingerprint density at radius 3 is 2.65 bits per heavy atom. The first-order chi connectivity index (χ1) is 9.67. The molecule has 1 aromatic carbocycles. The number of ether oxygens (including phenoxy) is 2. The minimum atomic E-state index is 0.252. The van der Waals surface area contributed by atoms with Gasteiger partial charge in [0.15, 0.2) is 11.5 Å². The van der Waals surface area contributed by atoms with Gasteiger partial charge >= 0.3 is 0 Å². The third kappa shape index (κ3) is 3.30. The van der Waals surface area contributed by atoms with Crippen molar-refractivity contribution < 1.29 is 9.47 Å². The zero-order valence-corrected chi connectivity index (χ0v) is 13.4. The van der Waals surface area contributed by atoms with E-state index in [1.807, 2.05) is 29.1 Å². The summed E-state index contributed by atoms with van der Waals surface area (Å²) in [4.78, 5) is 0.252. The van der Waals surface area contributed by atoms with Crippen molar-refractivity contribution in [1.82, 2.24) is 15.0 Å². The van der Waals surface area contributed by atoms with Gasteiger partial charge in [0.25, 0.3) is 0 Å². The molecule has 0 aliphatic rings. The fraction of sp³-hybridized carbons (Fsp3) is 0.429. The average molecular weight is 340 g/mol. The standard InChI is InChI=1S/C14H18BrN3O2/c1-4-11(15)12-9-18(17-16-12)8-10-5-6-13(19-2)14(7-10)20-3/h5-7,9,11H,4,8H2,1-3H3. The highest BCUT2D eigenvalue weighted by molar-refractivity contribution is 9.09. The van der Waals surface area contributed by atoms with Gasteiger partial charge in [-0.05, 0) is 24.1 Å². The second kappa shape index (κ2) is 6.74. The molecule has 2 aromatic rings. The minimum Gasteiger partial charge on any atom is -0.493 e. The van der Waals surface area contributed by atoms with E-state index in [9.17, 15) is 0 Å². The fourth-order valence-corrected chi connectivity index (χ4v) is 2.12. The quantitative estimate of drug-likeness (QED) is 0.758. The zero-order chi connectivity index (χ0) is 14.5. The van der Waals surface area contributed by atoms with Gasteiger partial charge in [0.1, 0.15) is 0 Å². The highest BCUT2D eigenvalue weighted by Gasteiger charge is 2.10. The summed E-state index contributed by atoms with van der Waals surface area (Å²) in [6, 6.07) is 5.84. The van der Waals surface area contributed by atoms with Crippen LogP contribution in [0.4, 0.5) is 0 Å². The van der Waals surface area contributed by atoms with E-state index in [1.54, 1.807) is 14.2 Å². The van der Waals surface area contributed by atoms with Crippen molar-refractivity contribution in [1.29, 1.82) is 0 Å². The lowest BCUT2D eigenvalue weighted by molar-refractivity contribution is 0.354. The number of hydrogen-bond donors (Lipinski definition) is 0. The van der Waals surface area contributed by atoms with Crippen molar-refractivity contribution in [2.45, 2.75) is 24.7 Å². The molecule has 0 aliphatic heterocycles. The second-order valence-electron chi connectivity index (χ2n) is 4.41. The number of nitrogens with zero attached hydrogens (tertiary/aromatic N) is 3. The number of aromatic nitrogens is 3. The van der Waals surface area contributed by atoms with Gasteiger partial charge in [0.2, 0.25) is 0 Å². The minimum absolute atomic E-state index is 0.252. The smallest absolute Gasteiger partial charge is 0.161 e. The van der Waals surface area contributed by atoms with Gasteiger partial charge in [-0.3, -0.25) is 0 Å². The van der Waals surface area contributed by atoms with Crippen molar-refractivity contribution in [3.05, 3.63) is 35.7 Å². The molecule has 0 amide bonds. The summed E-state index contributed by atoms with van der Waals surface area (Å²) in [5, 5.41) is 8.31. The van der Waals surface area contributed by atoms with Crippen LogP contribution in [0.2, 0.25) is 0 Å². The lowest BCUT2D eigenvalue weighted by atomic mass is 10.2. The van der Waals surface area contributed by atoms with Crippen molar-refractivity contribution in [3.63, 3.8) is 0 Å². The summed E-state index contributed by atoms with van der Waals surface area (Å²) in [6.45, 7) is 2.75. The van der Waals surface area contributed by atoms with Crippen molar-refractivity contribution >= 4 is 15.9 Å². The van der Waals surface area contributed by atoms with Gasteiger partial charge in [0, 0.05) is 6.20 Å². The Balaban J connectivity index is 2.15. The van der Waals surface area contributed by atoms with Gasteiger partial charge < -0.3 is 9.47 Å². The lowest BCUT2D eigenvalue weighted by Crippen LogP contribution is -2.01. The number of halogens is 1. The molecule has 6 heteroatoms. The van der Waals surface area contributed by atoms with Gasteiger partial charge in [-0.2, -0.15) is 0 Å². The molecule has 0 N–H and O–H groups in total. The molecular formula is C14H18BrN3O2. The maximum Gasteiger partial charge on any atom is 0.161 e. The molecule has 0 saturated carbocycles. The highest BCUT2D eigenvalue weighted by Crippen LogP contribution is 2.28. The van der Waals surface area contributed by atoms with Crippen LogP contribution in [0.3, 0.4) is 0 Å². The summed E-state index contributed by atoms with van der Waals surface area (Å²) in [7, 11) is 3.26. The van der Waals surface area contributed by atoms with Crippen LogP contribution in [-0.2, 0) is 6.54 Å². The van der Waals surface area contributed by atoms with Crippen LogP contribution in [0, 0.1) is 0 Å². The SMILES string of the molecule is CCC(Br)c1cn(Cc2ccc(OC)c(OC)c2)nn1. The van der Waals surface area contributed by atoms with E-state index in [0.29, 0.717) is 6.54 Å². The van der Waals surface area contributed by atoms with Gasteiger partial charge in [0.05, 0.1) is 31.3 Å². The summed E-state index contributed by atoms with van der Waals surface area (Å²) < 4.78 is 12.3. The molecule has 1 unspecified atom stereocenters. The molecule has 5 nitrogen and oxygen atoms in total. The molecule has 0 spiro atoms. The first-order valence-corrected chi connectivity index (χ1v) is 7.34. The number of rotatable bonds is 6. The van der Waals surface area contributed by atoms with Crippen molar-refractivity contribution in [2.75, 3.05) is 14.2 Å². The topological polar surface area (TPSA) is 49.2 Å². The number of methoxy groups -OCH3 is 2. The summed E-state index contributed by atoms with van der Waals surface area (Å²) in [6.07, 6.45) is 2.94. The predicted molar refractivity (Wildman–Crippen MR) is 80.6 cm³/mol. The first kappa shape index (κ1) is 14.8. The Morgan fingerprint density at radius 1 is 1.25 bits per heavy atom. The van der Waals surface area contributed by atoms with Crippen LogP contribution in [0.1, 0.15) is 29.4 Å². The van der Waals surface area contributed by atoms with Gasteiger partial charge in [-0.15, -0.1) is 5.10 Å². The molecule has 1 atom stereocenters. The number of benzene rings is 1. The van der Waals surface area contributed by atoms with Crippen molar-refractivity contribution in [2.24, 2.45) is 0 Å². The van der Waals surface area contributed by atoms with Crippen LogP contribution >= 0.6 is 15.9 Å². The number of hydrogen-bond acceptors (Lipinski definition) is 4. The molecule has 20 heavy (non-hydrogen) atoms. The Morgan fingerprint density at radius 2 is 2.00 bits per heavy atom. The van der Waals surface area contributed by atoms with E-state index in [-0.39, 0.29) is 4.83 Å². The van der Waals surface area contributed by atoms with Gasteiger partial charge in [-0.1, -0.05) is 34.1 Å². The van der Waals surface area contributed by atoms with E-state index >= 15 is 0 Å². The Labute approximate surface area is 127 Å². The molecule has 0 saturated heterocycles. The molecule has 1 heterocycles. The van der Waals surface area contributed by atoms with Gasteiger partial charge in [-0.25, -0.2) is 4.68 Å². The maximum absolute atomic E-state index is 5.30. The lowest BCUT2D eigenvalue weighted by Gasteiger charge is -2.09. The van der Waals surface area contributed by atoms with E-state index < -0.39 is 0 Å². The number of alkyl halides is 1. The summed E-state index contributed by atoms with van der Waals surface area (Å²) in [5.74, 6) is 1.44. The largest absolute Gasteiger partial charge is 0.493 e. The molecule has 0 bridgehead atoms. The van der Waals surface area contributed by atoms with Crippen LogP contribution in [0.5, 0.6) is 11.5 Å². The fourth-order valence-electron chi connectivity index (χ4n) is 1.91. The van der Waals surface area contributed by atoms with E-state index in [4.69, 9.17) is 9.47 Å². The van der Waals surface area contributed by atoms with E-state index in [0.717, 1.165) is 29.2 Å². The zero-order valence-electron chi connectivity index (χ0n) is 11.8. The van der Waals surface area contributed by atoms with Crippen LogP contribution < -0.4 is 9.47 Å². The van der Waals surface area contributed by atoms with E-state index in [1.165, 1.54) is 0 Å². The third-order valence-electron chi connectivity index (χ3n) is 3.03. The van der Waals surface area contributed by atoms with E-state index in [2.05, 4.69) is 33.2 Å². The normalized spacial score (nSPS) is 12.2. The molecule has 2 rings (SSSR count). The van der Waals surface area contributed by atoms with Crippen molar-refractivity contribution in [3.8, 4) is 11.5 Å². The Kier molecular flexibility index (Phi) is 5.00. The maximum atomic E-state index is 5.30. The monoisotopic (exact) mass is 339 g/mol. The molecular weight excluding hydrogens is 322 g/mol. The molecule has 0 radical (unpaired) electrons. The summed E-state index contributed by atoms with van der Waals surface area (Å²) >= 11 is 3.57.